The van der Waals surface area contributed by atoms with Crippen LogP contribution in [0.5, 0.6) is 0 Å². The molecule has 1 saturated heterocycles. The zero-order chi connectivity index (χ0) is 16.1. The molecule has 0 saturated carbocycles. The van der Waals surface area contributed by atoms with Crippen LogP contribution in [0.2, 0.25) is 0 Å². The van der Waals surface area contributed by atoms with Crippen LogP contribution in [-0.2, 0) is 0 Å². The quantitative estimate of drug-likeness (QED) is 0.812. The number of hydrogen-bond acceptors (Lipinski definition) is 4. The third-order valence-electron chi connectivity index (χ3n) is 4.20. The van der Waals surface area contributed by atoms with Crippen LogP contribution < -0.4 is 4.90 Å². The normalized spacial score (nSPS) is 15.6. The van der Waals surface area contributed by atoms with E-state index in [1.165, 1.54) is 5.56 Å². The summed E-state index contributed by atoms with van der Waals surface area (Å²) in [6.45, 7) is 8.20. The molecule has 0 radical (unpaired) electrons. The summed E-state index contributed by atoms with van der Waals surface area (Å²) >= 11 is 0. The fourth-order valence-corrected chi connectivity index (χ4v) is 2.70. The highest BCUT2D eigenvalue weighted by molar-refractivity contribution is 5.79. The van der Waals surface area contributed by atoms with Crippen molar-refractivity contribution >= 4 is 12.0 Å². The predicted molar refractivity (Wildman–Crippen MR) is 96.1 cm³/mol. The van der Waals surface area contributed by atoms with E-state index < -0.39 is 0 Å². The molecule has 3 rings (SSSR count). The van der Waals surface area contributed by atoms with Gasteiger partial charge in [-0.05, 0) is 29.2 Å². The van der Waals surface area contributed by atoms with Gasteiger partial charge in [0.15, 0.2) is 0 Å². The van der Waals surface area contributed by atoms with Gasteiger partial charge in [0.2, 0.25) is 0 Å². The van der Waals surface area contributed by atoms with E-state index in [1.54, 1.807) is 0 Å². The van der Waals surface area contributed by atoms with Crippen molar-refractivity contribution in [3.05, 3.63) is 59.8 Å². The lowest BCUT2D eigenvalue weighted by molar-refractivity contribution is 0.271. The van der Waals surface area contributed by atoms with Crippen molar-refractivity contribution in [1.82, 2.24) is 9.99 Å². The molecule has 0 amide bonds. The van der Waals surface area contributed by atoms with Crippen molar-refractivity contribution in [2.75, 3.05) is 31.1 Å². The molecule has 0 aliphatic carbocycles. The molecular weight excluding hydrogens is 284 g/mol. The molecule has 0 unspecified atom stereocenters. The smallest absolute Gasteiger partial charge is 0.128 e. The number of hydrogen-bond donors (Lipinski definition) is 0. The number of anilines is 1. The summed E-state index contributed by atoms with van der Waals surface area (Å²) in [6, 6.07) is 14.7. The Kier molecular flexibility index (Phi) is 4.91. The maximum atomic E-state index is 4.62. The molecule has 2 heterocycles. The zero-order valence-corrected chi connectivity index (χ0v) is 13.9. The molecule has 4 nitrogen and oxygen atoms in total. The topological polar surface area (TPSA) is 31.7 Å². The third kappa shape index (κ3) is 4.09. The minimum Gasteiger partial charge on any atom is -0.353 e. The molecule has 1 aliphatic rings. The molecule has 0 bridgehead atoms. The Morgan fingerprint density at radius 1 is 1.00 bits per heavy atom. The molecule has 23 heavy (non-hydrogen) atoms. The number of rotatable bonds is 4. The lowest BCUT2D eigenvalue weighted by Crippen LogP contribution is -2.44. The molecule has 1 aromatic heterocycles. The number of pyridine rings is 1. The molecule has 0 spiro atoms. The molecule has 1 aliphatic heterocycles. The van der Waals surface area contributed by atoms with Crippen LogP contribution in [0.3, 0.4) is 0 Å². The Bertz CT molecular complexity index is 626. The Morgan fingerprint density at radius 3 is 2.35 bits per heavy atom. The second-order valence-electron chi connectivity index (χ2n) is 6.19. The average Bonchev–Trinajstić information content (AvgIpc) is 2.61. The zero-order valence-electron chi connectivity index (χ0n) is 13.9. The molecule has 4 heteroatoms. The summed E-state index contributed by atoms with van der Waals surface area (Å²) in [5.41, 5.74) is 2.52. The van der Waals surface area contributed by atoms with Gasteiger partial charge in [-0.25, -0.2) is 4.98 Å². The second-order valence-corrected chi connectivity index (χ2v) is 6.19. The van der Waals surface area contributed by atoms with E-state index in [0.29, 0.717) is 5.92 Å². The third-order valence-corrected chi connectivity index (χ3v) is 4.20. The highest BCUT2D eigenvalue weighted by atomic mass is 15.5. The second kappa shape index (κ2) is 7.27. The van der Waals surface area contributed by atoms with Crippen LogP contribution >= 0.6 is 0 Å². The van der Waals surface area contributed by atoms with Crippen LogP contribution in [0, 0.1) is 0 Å². The lowest BCUT2D eigenvalue weighted by atomic mass is 10.0. The van der Waals surface area contributed by atoms with Crippen molar-refractivity contribution in [2.24, 2.45) is 5.10 Å². The number of nitrogens with zero attached hydrogens (tertiary/aromatic N) is 4. The summed E-state index contributed by atoms with van der Waals surface area (Å²) in [5.74, 6) is 1.63. The minimum absolute atomic E-state index is 0.570. The highest BCUT2D eigenvalue weighted by Gasteiger charge is 2.16. The number of aromatic nitrogens is 1. The number of hydrazone groups is 1. The standard InChI is InChI=1S/C19H24N4/c1-16(2)18-8-6-17(7-9-18)15-21-23-13-11-22(12-14-23)19-5-3-4-10-20-19/h3-10,15-16H,11-14H2,1-2H3/b21-15-. The van der Waals surface area contributed by atoms with Gasteiger partial charge in [0.25, 0.3) is 0 Å². The summed E-state index contributed by atoms with van der Waals surface area (Å²) in [4.78, 5) is 6.72. The van der Waals surface area contributed by atoms with Crippen molar-refractivity contribution < 1.29 is 0 Å². The van der Waals surface area contributed by atoms with Crippen LogP contribution in [0.15, 0.2) is 53.8 Å². The fourth-order valence-electron chi connectivity index (χ4n) is 2.70. The van der Waals surface area contributed by atoms with Gasteiger partial charge in [0.1, 0.15) is 5.82 Å². The molecule has 0 atom stereocenters. The van der Waals surface area contributed by atoms with E-state index in [0.717, 1.165) is 37.6 Å². The Labute approximate surface area is 138 Å². The molecule has 1 fully saturated rings. The molecule has 0 N–H and O–H groups in total. The molecule has 1 aromatic carbocycles. The van der Waals surface area contributed by atoms with Gasteiger partial charge < -0.3 is 4.90 Å². The lowest BCUT2D eigenvalue weighted by Gasteiger charge is -2.33. The predicted octanol–water partition coefficient (Wildman–Crippen LogP) is 3.36. The van der Waals surface area contributed by atoms with E-state index >= 15 is 0 Å². The van der Waals surface area contributed by atoms with E-state index in [9.17, 15) is 0 Å². The van der Waals surface area contributed by atoms with Crippen molar-refractivity contribution in [3.8, 4) is 0 Å². The van der Waals surface area contributed by atoms with E-state index in [4.69, 9.17) is 0 Å². The Hall–Kier alpha value is -2.36. The summed E-state index contributed by atoms with van der Waals surface area (Å²) < 4.78 is 0. The van der Waals surface area contributed by atoms with Gasteiger partial charge in [-0.2, -0.15) is 5.10 Å². The summed E-state index contributed by atoms with van der Waals surface area (Å²) in [5, 5.41) is 6.75. The van der Waals surface area contributed by atoms with Gasteiger partial charge in [-0.15, -0.1) is 0 Å². The first kappa shape index (κ1) is 15.5. The largest absolute Gasteiger partial charge is 0.353 e. The SMILES string of the molecule is CC(C)c1ccc(/C=N\N2CCN(c3ccccn3)CC2)cc1. The molecule has 120 valence electrons. The van der Waals surface area contributed by atoms with Crippen LogP contribution in [0.25, 0.3) is 0 Å². The van der Waals surface area contributed by atoms with Crippen LogP contribution in [-0.4, -0.2) is 42.4 Å². The Morgan fingerprint density at radius 2 is 1.74 bits per heavy atom. The molecular formula is C19H24N4. The first-order chi connectivity index (χ1) is 11.2. The maximum Gasteiger partial charge on any atom is 0.128 e. The average molecular weight is 308 g/mol. The van der Waals surface area contributed by atoms with Gasteiger partial charge in [0.05, 0.1) is 19.3 Å². The number of piperazine rings is 1. The van der Waals surface area contributed by atoms with Crippen LogP contribution in [0.1, 0.15) is 30.9 Å². The highest BCUT2D eigenvalue weighted by Crippen LogP contribution is 2.15. The first-order valence-electron chi connectivity index (χ1n) is 8.27. The minimum atomic E-state index is 0.570. The van der Waals surface area contributed by atoms with Crippen LogP contribution in [0.4, 0.5) is 5.82 Å². The summed E-state index contributed by atoms with van der Waals surface area (Å²) in [6.07, 6.45) is 3.81. The van der Waals surface area contributed by atoms with Gasteiger partial charge in [-0.1, -0.05) is 44.2 Å². The van der Waals surface area contributed by atoms with Gasteiger partial charge in [0, 0.05) is 19.3 Å². The van der Waals surface area contributed by atoms with Gasteiger partial charge >= 0.3 is 0 Å². The van der Waals surface area contributed by atoms with Crippen molar-refractivity contribution in [2.45, 2.75) is 19.8 Å². The Balaban J connectivity index is 1.54. The van der Waals surface area contributed by atoms with Crippen molar-refractivity contribution in [1.29, 1.82) is 0 Å². The van der Waals surface area contributed by atoms with E-state index in [1.807, 2.05) is 24.5 Å². The van der Waals surface area contributed by atoms with E-state index in [-0.39, 0.29) is 0 Å². The van der Waals surface area contributed by atoms with E-state index in [2.05, 4.69) is 64.2 Å². The van der Waals surface area contributed by atoms with Crippen molar-refractivity contribution in [3.63, 3.8) is 0 Å². The number of benzene rings is 1. The molecule has 2 aromatic rings. The summed E-state index contributed by atoms with van der Waals surface area (Å²) in [7, 11) is 0. The maximum absolute atomic E-state index is 4.62. The van der Waals surface area contributed by atoms with Gasteiger partial charge in [-0.3, -0.25) is 5.01 Å². The monoisotopic (exact) mass is 308 g/mol. The first-order valence-corrected chi connectivity index (χ1v) is 8.27. The fraction of sp³-hybridized carbons (Fsp3) is 0.368.